The van der Waals surface area contributed by atoms with E-state index in [-0.39, 0.29) is 24.1 Å². The summed E-state index contributed by atoms with van der Waals surface area (Å²) >= 11 is 0. The van der Waals surface area contributed by atoms with Crippen LogP contribution in [0.15, 0.2) is 72.8 Å². The Morgan fingerprint density at radius 3 is 2.34 bits per heavy atom. The number of hydrogen-bond acceptors (Lipinski definition) is 2. The lowest BCUT2D eigenvalue weighted by Crippen LogP contribution is -2.40. The summed E-state index contributed by atoms with van der Waals surface area (Å²) in [6.45, 7) is 4.48. The van der Waals surface area contributed by atoms with Crippen molar-refractivity contribution in [1.29, 1.82) is 0 Å². The molecule has 0 aliphatic heterocycles. The van der Waals surface area contributed by atoms with Crippen molar-refractivity contribution in [2.75, 3.05) is 11.4 Å². The van der Waals surface area contributed by atoms with E-state index in [1.165, 1.54) is 12.1 Å². The number of anilines is 1. The Bertz CT molecular complexity index is 962. The molecule has 29 heavy (non-hydrogen) atoms. The summed E-state index contributed by atoms with van der Waals surface area (Å²) in [6.07, 6.45) is 0.540. The third-order valence-electron chi connectivity index (χ3n) is 5.01. The highest BCUT2D eigenvalue weighted by molar-refractivity contribution is 5.97. The fourth-order valence-electron chi connectivity index (χ4n) is 3.16. The number of hydrogen-bond donors (Lipinski definition) is 1. The van der Waals surface area contributed by atoms with Crippen LogP contribution in [0.5, 0.6) is 0 Å². The highest BCUT2D eigenvalue weighted by Gasteiger charge is 2.24. The van der Waals surface area contributed by atoms with Crippen LogP contribution in [0.4, 0.5) is 10.1 Å². The Kier molecular flexibility index (Phi) is 7.94. The van der Waals surface area contributed by atoms with Crippen LogP contribution in [0.2, 0.25) is 0 Å². The van der Waals surface area contributed by atoms with Crippen molar-refractivity contribution < 1.29 is 9.18 Å². The third-order valence-corrected chi connectivity index (χ3v) is 5.01. The Balaban J connectivity index is 0.00000300. The van der Waals surface area contributed by atoms with E-state index in [4.69, 9.17) is 5.73 Å². The average Bonchev–Trinajstić information content (AvgIpc) is 2.70. The number of carbonyl (C=O) groups excluding carboxylic acids is 1. The minimum absolute atomic E-state index is 0. The van der Waals surface area contributed by atoms with E-state index in [0.717, 1.165) is 27.9 Å². The predicted molar refractivity (Wildman–Crippen MR) is 119 cm³/mol. The van der Waals surface area contributed by atoms with Gasteiger partial charge in [-0.15, -0.1) is 12.4 Å². The van der Waals surface area contributed by atoms with Gasteiger partial charge < -0.3 is 10.6 Å². The molecule has 2 N–H and O–H groups in total. The van der Waals surface area contributed by atoms with E-state index in [1.807, 2.05) is 68.4 Å². The van der Waals surface area contributed by atoms with Crippen LogP contribution in [0.1, 0.15) is 28.3 Å². The van der Waals surface area contributed by atoms with Crippen LogP contribution in [-0.2, 0) is 11.2 Å². The van der Waals surface area contributed by atoms with E-state index >= 15 is 0 Å². The number of halogens is 2. The van der Waals surface area contributed by atoms with Gasteiger partial charge in [0.05, 0.1) is 0 Å². The van der Waals surface area contributed by atoms with E-state index < -0.39 is 6.04 Å². The van der Waals surface area contributed by atoms with Crippen LogP contribution in [-0.4, -0.2) is 12.5 Å². The van der Waals surface area contributed by atoms with Crippen LogP contribution in [0, 0.1) is 19.7 Å². The van der Waals surface area contributed by atoms with Crippen molar-refractivity contribution in [3.05, 3.63) is 101 Å². The first-order valence-corrected chi connectivity index (χ1v) is 9.39. The zero-order valence-electron chi connectivity index (χ0n) is 16.6. The Hall–Kier alpha value is -2.69. The summed E-state index contributed by atoms with van der Waals surface area (Å²) in [5.74, 6) is -0.451. The second kappa shape index (κ2) is 10.2. The lowest BCUT2D eigenvalue weighted by molar-refractivity contribution is -0.120. The van der Waals surface area contributed by atoms with Crippen molar-refractivity contribution >= 4 is 24.0 Å². The molecule has 0 saturated carbocycles. The standard InChI is InChI=1S/C24H25FN2O.ClH/c1-17-11-12-22(15-18(17)2)27(14-13-19-7-6-10-21(25)16-19)24(28)23(26)20-8-4-3-5-9-20;/h3-12,15-16,23H,13-14,26H2,1-2H3;1H/t23-;/m0./s1. The van der Waals surface area contributed by atoms with Gasteiger partial charge in [-0.2, -0.15) is 0 Å². The van der Waals surface area contributed by atoms with Gasteiger partial charge in [0, 0.05) is 12.2 Å². The summed E-state index contributed by atoms with van der Waals surface area (Å²) in [5, 5.41) is 0. The molecule has 0 spiro atoms. The lowest BCUT2D eigenvalue weighted by atomic mass is 10.0. The van der Waals surface area contributed by atoms with Crippen LogP contribution in [0.25, 0.3) is 0 Å². The van der Waals surface area contributed by atoms with Crippen LogP contribution < -0.4 is 10.6 Å². The van der Waals surface area contributed by atoms with Gasteiger partial charge >= 0.3 is 0 Å². The second-order valence-corrected chi connectivity index (χ2v) is 7.03. The topological polar surface area (TPSA) is 46.3 Å². The number of amides is 1. The van der Waals surface area contributed by atoms with Gasteiger partial charge in [0.25, 0.3) is 0 Å². The Labute approximate surface area is 177 Å². The van der Waals surface area contributed by atoms with E-state index in [1.54, 1.807) is 11.0 Å². The number of benzene rings is 3. The van der Waals surface area contributed by atoms with Crippen molar-refractivity contribution in [2.24, 2.45) is 5.73 Å². The Morgan fingerprint density at radius 2 is 1.69 bits per heavy atom. The van der Waals surface area contributed by atoms with Crippen molar-refractivity contribution in [2.45, 2.75) is 26.3 Å². The molecule has 0 bridgehead atoms. The second-order valence-electron chi connectivity index (χ2n) is 7.03. The molecule has 0 radical (unpaired) electrons. The van der Waals surface area contributed by atoms with Crippen molar-refractivity contribution in [3.8, 4) is 0 Å². The van der Waals surface area contributed by atoms with Gasteiger partial charge in [-0.25, -0.2) is 4.39 Å². The molecule has 152 valence electrons. The molecule has 0 saturated heterocycles. The molecule has 3 nitrogen and oxygen atoms in total. The molecule has 3 aromatic carbocycles. The molecule has 0 aliphatic carbocycles. The molecule has 3 rings (SSSR count). The molecule has 0 aromatic heterocycles. The number of carbonyl (C=O) groups is 1. The van der Waals surface area contributed by atoms with E-state index in [0.29, 0.717) is 13.0 Å². The quantitative estimate of drug-likeness (QED) is 0.609. The highest BCUT2D eigenvalue weighted by Crippen LogP contribution is 2.23. The van der Waals surface area contributed by atoms with Crippen molar-refractivity contribution in [3.63, 3.8) is 0 Å². The summed E-state index contributed by atoms with van der Waals surface area (Å²) < 4.78 is 13.5. The molecular weight excluding hydrogens is 387 g/mol. The average molecular weight is 413 g/mol. The first-order valence-electron chi connectivity index (χ1n) is 9.39. The number of aryl methyl sites for hydroxylation is 2. The number of nitrogens with zero attached hydrogens (tertiary/aromatic N) is 1. The number of nitrogens with two attached hydrogens (primary N) is 1. The summed E-state index contributed by atoms with van der Waals surface area (Å²) in [4.78, 5) is 15.0. The molecule has 1 amide bonds. The first kappa shape index (κ1) is 22.6. The summed E-state index contributed by atoms with van der Waals surface area (Å²) in [7, 11) is 0. The molecule has 0 unspecified atom stereocenters. The molecule has 0 fully saturated rings. The molecule has 3 aromatic rings. The zero-order valence-corrected chi connectivity index (χ0v) is 17.5. The maximum atomic E-state index is 13.5. The van der Waals surface area contributed by atoms with Crippen LogP contribution in [0.3, 0.4) is 0 Å². The van der Waals surface area contributed by atoms with Gasteiger partial charge in [-0.1, -0.05) is 48.5 Å². The molecule has 1 atom stereocenters. The van der Waals surface area contributed by atoms with Gasteiger partial charge in [0.1, 0.15) is 11.9 Å². The van der Waals surface area contributed by atoms with Crippen LogP contribution >= 0.6 is 12.4 Å². The summed E-state index contributed by atoms with van der Waals surface area (Å²) in [6, 6.07) is 21.0. The zero-order chi connectivity index (χ0) is 20.1. The summed E-state index contributed by atoms with van der Waals surface area (Å²) in [5.41, 5.74) is 11.0. The first-order chi connectivity index (χ1) is 13.5. The van der Waals surface area contributed by atoms with E-state index in [9.17, 15) is 9.18 Å². The fraction of sp³-hybridized carbons (Fsp3) is 0.208. The van der Waals surface area contributed by atoms with Gasteiger partial charge in [-0.3, -0.25) is 4.79 Å². The fourth-order valence-corrected chi connectivity index (χ4v) is 3.16. The molecular formula is C24H26ClFN2O. The van der Waals surface area contributed by atoms with Gasteiger partial charge in [-0.05, 0) is 66.8 Å². The van der Waals surface area contributed by atoms with Gasteiger partial charge in [0.15, 0.2) is 0 Å². The minimum Gasteiger partial charge on any atom is -0.316 e. The highest BCUT2D eigenvalue weighted by atomic mass is 35.5. The SMILES string of the molecule is Cc1ccc(N(CCc2cccc(F)c2)C(=O)[C@@H](N)c2ccccc2)cc1C.Cl. The maximum absolute atomic E-state index is 13.5. The monoisotopic (exact) mass is 412 g/mol. The lowest BCUT2D eigenvalue weighted by Gasteiger charge is -2.27. The smallest absolute Gasteiger partial charge is 0.248 e. The minimum atomic E-state index is -0.754. The predicted octanol–water partition coefficient (Wildman–Crippen LogP) is 5.14. The molecule has 0 aliphatic rings. The Morgan fingerprint density at radius 1 is 0.966 bits per heavy atom. The third kappa shape index (κ3) is 5.66. The van der Waals surface area contributed by atoms with Gasteiger partial charge in [0.2, 0.25) is 5.91 Å². The molecule has 5 heteroatoms. The van der Waals surface area contributed by atoms with Crippen molar-refractivity contribution in [1.82, 2.24) is 0 Å². The maximum Gasteiger partial charge on any atom is 0.248 e. The molecule has 0 heterocycles. The van der Waals surface area contributed by atoms with E-state index in [2.05, 4.69) is 0 Å². The normalized spacial score (nSPS) is 11.4. The largest absolute Gasteiger partial charge is 0.316 e. The number of rotatable bonds is 6.